The molecule has 0 aliphatic carbocycles. The Bertz CT molecular complexity index is 1500. The number of nitrogens with one attached hydrogen (secondary N) is 1. The highest BCUT2D eigenvalue weighted by molar-refractivity contribution is 7.92. The summed E-state index contributed by atoms with van der Waals surface area (Å²) in [6.45, 7) is 4.32. The predicted octanol–water partition coefficient (Wildman–Crippen LogP) is 5.63. The molecule has 7 nitrogen and oxygen atoms in total. The van der Waals surface area contributed by atoms with Crippen molar-refractivity contribution in [3.8, 4) is 5.75 Å². The second kappa shape index (κ2) is 12.2. The van der Waals surface area contributed by atoms with Crippen LogP contribution in [0.15, 0.2) is 119 Å². The molecule has 8 heteroatoms. The average molecular weight is 528 g/mol. The third-order valence-electron chi connectivity index (χ3n) is 5.83. The summed E-state index contributed by atoms with van der Waals surface area (Å²) >= 11 is 0. The normalized spacial score (nSPS) is 11.6. The number of ether oxygens (including phenoxy) is 1. The second-order valence-electron chi connectivity index (χ2n) is 8.42. The molecule has 0 aliphatic rings. The Morgan fingerprint density at radius 2 is 1.45 bits per heavy atom. The van der Waals surface area contributed by atoms with Crippen LogP contribution in [-0.2, 0) is 16.6 Å². The van der Waals surface area contributed by atoms with Gasteiger partial charge in [-0.25, -0.2) is 13.8 Å². The highest BCUT2D eigenvalue weighted by Crippen LogP contribution is 2.29. The maximum absolute atomic E-state index is 13.8. The van der Waals surface area contributed by atoms with Crippen LogP contribution >= 0.6 is 0 Å². The number of amides is 1. The van der Waals surface area contributed by atoms with Crippen LogP contribution < -0.4 is 14.5 Å². The first-order valence-corrected chi connectivity index (χ1v) is 13.6. The fourth-order valence-corrected chi connectivity index (χ4v) is 5.36. The van der Waals surface area contributed by atoms with Gasteiger partial charge in [-0.15, -0.1) is 0 Å². The summed E-state index contributed by atoms with van der Waals surface area (Å²) in [5, 5.41) is 4.26. The smallest absolute Gasteiger partial charge is 0.273 e. The molecule has 4 aromatic carbocycles. The minimum absolute atomic E-state index is 0.0524. The Morgan fingerprint density at radius 3 is 2.11 bits per heavy atom. The predicted molar refractivity (Wildman–Crippen MR) is 150 cm³/mol. The van der Waals surface area contributed by atoms with Gasteiger partial charge in [-0.2, -0.15) is 5.10 Å². The fourth-order valence-electron chi connectivity index (χ4n) is 3.87. The van der Waals surface area contributed by atoms with Crippen LogP contribution in [0.2, 0.25) is 0 Å². The Morgan fingerprint density at radius 1 is 0.842 bits per heavy atom. The molecule has 0 spiro atoms. The molecule has 1 N–H and O–H groups in total. The first-order valence-electron chi connectivity index (χ1n) is 12.2. The van der Waals surface area contributed by atoms with Gasteiger partial charge >= 0.3 is 0 Å². The highest BCUT2D eigenvalue weighted by Gasteiger charge is 2.28. The highest BCUT2D eigenvalue weighted by atomic mass is 32.2. The Labute approximate surface area is 223 Å². The maximum Gasteiger partial charge on any atom is 0.273 e. The van der Waals surface area contributed by atoms with E-state index in [-0.39, 0.29) is 22.7 Å². The van der Waals surface area contributed by atoms with E-state index in [4.69, 9.17) is 4.74 Å². The van der Waals surface area contributed by atoms with Gasteiger partial charge in [0.25, 0.3) is 15.9 Å². The number of carbonyl (C=O) groups excluding carboxylic acids is 1. The van der Waals surface area contributed by atoms with Gasteiger partial charge in [-0.1, -0.05) is 60.7 Å². The van der Waals surface area contributed by atoms with E-state index in [1.54, 1.807) is 61.5 Å². The van der Waals surface area contributed by atoms with E-state index in [1.165, 1.54) is 4.31 Å². The zero-order valence-corrected chi connectivity index (χ0v) is 22.1. The SMILES string of the molecule is CCOc1ccc(/C(C)=N/NC(=O)c2ccccc2N(Cc2ccccc2)S(=O)(=O)c2ccccc2)cc1. The minimum atomic E-state index is -3.99. The molecule has 0 atom stereocenters. The van der Waals surface area contributed by atoms with E-state index in [2.05, 4.69) is 10.5 Å². The lowest BCUT2D eigenvalue weighted by Crippen LogP contribution is -2.33. The summed E-state index contributed by atoms with van der Waals surface area (Å²) < 4.78 is 34.3. The van der Waals surface area contributed by atoms with Crippen molar-refractivity contribution in [1.29, 1.82) is 0 Å². The summed E-state index contributed by atoms with van der Waals surface area (Å²) in [7, 11) is -3.99. The van der Waals surface area contributed by atoms with Crippen molar-refractivity contribution in [2.75, 3.05) is 10.9 Å². The van der Waals surface area contributed by atoms with Gasteiger partial charge in [0.2, 0.25) is 0 Å². The molecule has 0 fully saturated rings. The minimum Gasteiger partial charge on any atom is -0.494 e. The molecule has 38 heavy (non-hydrogen) atoms. The summed E-state index contributed by atoms with van der Waals surface area (Å²) in [6.07, 6.45) is 0. The molecular formula is C30H29N3O4S. The number of hydrogen-bond donors (Lipinski definition) is 1. The topological polar surface area (TPSA) is 88.1 Å². The largest absolute Gasteiger partial charge is 0.494 e. The zero-order chi connectivity index (χ0) is 27.0. The number of carbonyl (C=O) groups is 1. The van der Waals surface area contributed by atoms with Crippen molar-refractivity contribution in [2.24, 2.45) is 5.10 Å². The van der Waals surface area contributed by atoms with Crippen molar-refractivity contribution in [2.45, 2.75) is 25.3 Å². The Balaban J connectivity index is 1.66. The number of anilines is 1. The summed E-state index contributed by atoms with van der Waals surface area (Å²) in [6, 6.07) is 31.4. The number of hydrogen-bond acceptors (Lipinski definition) is 5. The molecule has 0 saturated carbocycles. The van der Waals surface area contributed by atoms with Gasteiger partial charge in [0, 0.05) is 0 Å². The molecule has 1 amide bonds. The number of nitrogens with zero attached hydrogens (tertiary/aromatic N) is 2. The first-order chi connectivity index (χ1) is 18.4. The molecule has 0 aliphatic heterocycles. The van der Waals surface area contributed by atoms with E-state index in [9.17, 15) is 13.2 Å². The van der Waals surface area contributed by atoms with E-state index >= 15 is 0 Å². The van der Waals surface area contributed by atoms with Gasteiger partial charge in [0.15, 0.2) is 0 Å². The molecule has 0 bridgehead atoms. The standard InChI is InChI=1S/C30H29N3O4S/c1-3-37-26-20-18-25(19-21-26)23(2)31-32-30(34)28-16-10-11-17-29(28)33(22-24-12-6-4-7-13-24)38(35,36)27-14-8-5-9-15-27/h4-21H,3,22H2,1-2H3,(H,32,34)/b31-23+. The molecule has 0 aromatic heterocycles. The number of benzene rings is 4. The molecule has 0 saturated heterocycles. The van der Waals surface area contributed by atoms with Crippen LogP contribution in [0.25, 0.3) is 0 Å². The van der Waals surface area contributed by atoms with Crippen LogP contribution in [0, 0.1) is 0 Å². The lowest BCUT2D eigenvalue weighted by atomic mass is 10.1. The average Bonchev–Trinajstić information content (AvgIpc) is 2.96. The molecule has 194 valence electrons. The number of para-hydroxylation sites is 1. The molecule has 4 aromatic rings. The zero-order valence-electron chi connectivity index (χ0n) is 21.2. The van der Waals surface area contributed by atoms with E-state index in [0.29, 0.717) is 12.3 Å². The summed E-state index contributed by atoms with van der Waals surface area (Å²) in [4.78, 5) is 13.4. The molecule has 0 radical (unpaired) electrons. The van der Waals surface area contributed by atoms with Gasteiger partial charge in [0.1, 0.15) is 5.75 Å². The first kappa shape index (κ1) is 26.6. The Hall–Kier alpha value is -4.43. The lowest BCUT2D eigenvalue weighted by Gasteiger charge is -2.26. The van der Waals surface area contributed by atoms with Gasteiger partial charge in [-0.05, 0) is 73.5 Å². The third-order valence-corrected chi connectivity index (χ3v) is 7.60. The van der Waals surface area contributed by atoms with Crippen LogP contribution in [0.1, 0.15) is 35.3 Å². The summed E-state index contributed by atoms with van der Waals surface area (Å²) in [5.41, 5.74) is 5.22. The van der Waals surface area contributed by atoms with Crippen molar-refractivity contribution in [1.82, 2.24) is 5.43 Å². The van der Waals surface area contributed by atoms with Gasteiger partial charge < -0.3 is 4.74 Å². The summed E-state index contributed by atoms with van der Waals surface area (Å²) in [5.74, 6) is 0.229. The van der Waals surface area contributed by atoms with E-state index in [1.807, 2.05) is 61.5 Å². The maximum atomic E-state index is 13.8. The second-order valence-corrected chi connectivity index (χ2v) is 10.3. The molecule has 0 unspecified atom stereocenters. The molecule has 0 heterocycles. The Kier molecular flexibility index (Phi) is 8.55. The molecule has 4 rings (SSSR count). The van der Waals surface area contributed by atoms with Crippen LogP contribution in [0.3, 0.4) is 0 Å². The van der Waals surface area contributed by atoms with Crippen molar-refractivity contribution < 1.29 is 17.9 Å². The van der Waals surface area contributed by atoms with E-state index in [0.717, 1.165) is 16.9 Å². The van der Waals surface area contributed by atoms with Gasteiger partial charge in [0.05, 0.1) is 35.0 Å². The van der Waals surface area contributed by atoms with Crippen molar-refractivity contribution in [3.05, 3.63) is 126 Å². The van der Waals surface area contributed by atoms with Crippen LogP contribution in [0.4, 0.5) is 5.69 Å². The third kappa shape index (κ3) is 6.27. The monoisotopic (exact) mass is 527 g/mol. The number of sulfonamides is 1. The van der Waals surface area contributed by atoms with Crippen molar-refractivity contribution >= 4 is 27.3 Å². The lowest BCUT2D eigenvalue weighted by molar-refractivity contribution is 0.0955. The number of hydrazone groups is 1. The molecular weight excluding hydrogens is 498 g/mol. The van der Waals surface area contributed by atoms with Gasteiger partial charge in [-0.3, -0.25) is 9.10 Å². The van der Waals surface area contributed by atoms with Crippen LogP contribution in [-0.4, -0.2) is 26.6 Å². The fraction of sp³-hybridized carbons (Fsp3) is 0.133. The van der Waals surface area contributed by atoms with Crippen molar-refractivity contribution in [3.63, 3.8) is 0 Å². The van der Waals surface area contributed by atoms with Crippen LogP contribution in [0.5, 0.6) is 5.75 Å². The number of rotatable bonds is 10. The quantitative estimate of drug-likeness (QED) is 0.214. The van der Waals surface area contributed by atoms with E-state index < -0.39 is 15.9 Å².